The molecule has 8 nitrogen and oxygen atoms in total. The molecule has 8 heteroatoms. The van der Waals surface area contributed by atoms with Crippen LogP contribution < -0.4 is 14.2 Å². The summed E-state index contributed by atoms with van der Waals surface area (Å²) in [4.78, 5) is 14.1. The topological polar surface area (TPSA) is 86.7 Å². The third-order valence-electron chi connectivity index (χ3n) is 5.69. The number of hydrogen-bond acceptors (Lipinski definition) is 7. The summed E-state index contributed by atoms with van der Waals surface area (Å²) in [5.74, 6) is 1.75. The third kappa shape index (κ3) is 6.52. The highest BCUT2D eigenvalue weighted by Crippen LogP contribution is 2.38. The minimum Gasteiger partial charge on any atom is -0.493 e. The van der Waals surface area contributed by atoms with Crippen LogP contribution in [0.3, 0.4) is 0 Å². The highest BCUT2D eigenvalue weighted by atomic mass is 16.6. The van der Waals surface area contributed by atoms with Crippen molar-refractivity contribution in [3.8, 4) is 17.2 Å². The molecule has 1 aliphatic rings. The van der Waals surface area contributed by atoms with Gasteiger partial charge in [0.1, 0.15) is 6.61 Å². The van der Waals surface area contributed by atoms with Crippen LogP contribution in [-0.2, 0) is 22.5 Å². The summed E-state index contributed by atoms with van der Waals surface area (Å²) in [7, 11) is 4.73. The van der Waals surface area contributed by atoms with Gasteiger partial charge in [-0.05, 0) is 48.9 Å². The predicted molar refractivity (Wildman–Crippen MR) is 123 cm³/mol. The third-order valence-corrected chi connectivity index (χ3v) is 5.69. The Labute approximate surface area is 195 Å². The number of aryl methyl sites for hydroxylation is 1. The summed E-state index contributed by atoms with van der Waals surface area (Å²) in [6.45, 7) is 1.10. The van der Waals surface area contributed by atoms with Gasteiger partial charge < -0.3 is 33.7 Å². The molecule has 1 heterocycles. The van der Waals surface area contributed by atoms with Crippen molar-refractivity contribution < 1.29 is 33.6 Å². The molecule has 1 amide bonds. The monoisotopic (exact) mass is 459 g/mol. The molecule has 2 aromatic rings. The van der Waals surface area contributed by atoms with Gasteiger partial charge in [0.15, 0.2) is 17.8 Å². The van der Waals surface area contributed by atoms with Gasteiger partial charge in [-0.15, -0.1) is 0 Å². The number of ether oxygens (including phenoxy) is 5. The van der Waals surface area contributed by atoms with Crippen LogP contribution in [0.2, 0.25) is 0 Å². The average molecular weight is 460 g/mol. The van der Waals surface area contributed by atoms with E-state index in [1.54, 1.807) is 26.2 Å². The van der Waals surface area contributed by atoms with Gasteiger partial charge in [0.2, 0.25) is 5.75 Å². The van der Waals surface area contributed by atoms with Gasteiger partial charge in [-0.1, -0.05) is 30.3 Å². The standard InChI is InChI=1S/C25H33NO7/c1-29-21-15-19(16-22(30-2)23(21)31-3)11-8-14-32-24(27)20-12-7-13-26(20)25(28)33-17-18-9-5-4-6-10-18/h4-6,9-10,15-16,20,24,27H,7-8,11-14,17H2,1-3H3. The smallest absolute Gasteiger partial charge is 0.410 e. The summed E-state index contributed by atoms with van der Waals surface area (Å²) in [6, 6.07) is 12.9. The molecule has 2 atom stereocenters. The molecule has 2 aromatic carbocycles. The molecule has 1 fully saturated rings. The number of likely N-dealkylation sites (tertiary alicyclic amines) is 1. The average Bonchev–Trinajstić information content (AvgIpc) is 3.35. The van der Waals surface area contributed by atoms with E-state index in [0.29, 0.717) is 49.7 Å². The quantitative estimate of drug-likeness (QED) is 0.404. The fourth-order valence-corrected chi connectivity index (χ4v) is 3.99. The van der Waals surface area contributed by atoms with Gasteiger partial charge in [-0.2, -0.15) is 0 Å². The van der Waals surface area contributed by atoms with Crippen LogP contribution >= 0.6 is 0 Å². The van der Waals surface area contributed by atoms with E-state index in [4.69, 9.17) is 23.7 Å². The summed E-state index contributed by atoms with van der Waals surface area (Å²) in [5, 5.41) is 10.6. The normalized spacial score (nSPS) is 16.4. The predicted octanol–water partition coefficient (Wildman–Crippen LogP) is 3.78. The van der Waals surface area contributed by atoms with Crippen LogP contribution in [0.25, 0.3) is 0 Å². The second-order valence-electron chi connectivity index (χ2n) is 7.84. The second kappa shape index (κ2) is 12.3. The molecule has 180 valence electrons. The summed E-state index contributed by atoms with van der Waals surface area (Å²) < 4.78 is 27.2. The zero-order valence-corrected chi connectivity index (χ0v) is 19.5. The van der Waals surface area contributed by atoms with Gasteiger partial charge in [0, 0.05) is 6.54 Å². The van der Waals surface area contributed by atoms with Crippen molar-refractivity contribution in [3.63, 3.8) is 0 Å². The highest BCUT2D eigenvalue weighted by molar-refractivity contribution is 5.68. The van der Waals surface area contributed by atoms with E-state index >= 15 is 0 Å². The zero-order valence-electron chi connectivity index (χ0n) is 19.5. The van der Waals surface area contributed by atoms with Gasteiger partial charge in [0.25, 0.3) is 0 Å². The second-order valence-corrected chi connectivity index (χ2v) is 7.84. The molecule has 0 radical (unpaired) electrons. The van der Waals surface area contributed by atoms with Crippen LogP contribution in [0.1, 0.15) is 30.4 Å². The Bertz CT molecular complexity index is 865. The molecule has 0 aliphatic carbocycles. The fourth-order valence-electron chi connectivity index (χ4n) is 3.99. The molecule has 33 heavy (non-hydrogen) atoms. The number of amides is 1. The van der Waals surface area contributed by atoms with E-state index in [2.05, 4.69) is 0 Å². The summed E-state index contributed by atoms with van der Waals surface area (Å²) >= 11 is 0. The minimum absolute atomic E-state index is 0.203. The molecule has 1 aliphatic heterocycles. The van der Waals surface area contributed by atoms with Crippen molar-refractivity contribution in [2.45, 2.75) is 44.6 Å². The van der Waals surface area contributed by atoms with Crippen molar-refractivity contribution >= 4 is 6.09 Å². The Hall–Kier alpha value is -2.97. The zero-order chi connectivity index (χ0) is 23.6. The van der Waals surface area contributed by atoms with Gasteiger partial charge in [-0.25, -0.2) is 4.79 Å². The van der Waals surface area contributed by atoms with Gasteiger partial charge >= 0.3 is 6.09 Å². The van der Waals surface area contributed by atoms with Crippen molar-refractivity contribution in [3.05, 3.63) is 53.6 Å². The van der Waals surface area contributed by atoms with Gasteiger partial charge in [0.05, 0.1) is 34.0 Å². The first-order chi connectivity index (χ1) is 16.1. The maximum atomic E-state index is 12.5. The van der Waals surface area contributed by atoms with Crippen molar-refractivity contribution in [1.29, 1.82) is 0 Å². The molecule has 3 rings (SSSR count). The number of carbonyl (C=O) groups excluding carboxylic acids is 1. The first-order valence-corrected chi connectivity index (χ1v) is 11.1. The van der Waals surface area contributed by atoms with Crippen LogP contribution in [0.4, 0.5) is 4.79 Å². The molecular weight excluding hydrogens is 426 g/mol. The molecule has 2 unspecified atom stereocenters. The van der Waals surface area contributed by atoms with Gasteiger partial charge in [-0.3, -0.25) is 0 Å². The fraction of sp³-hybridized carbons (Fsp3) is 0.480. The van der Waals surface area contributed by atoms with Crippen LogP contribution in [-0.4, -0.2) is 62.9 Å². The maximum Gasteiger partial charge on any atom is 0.410 e. The lowest BCUT2D eigenvalue weighted by Gasteiger charge is -2.28. The van der Waals surface area contributed by atoms with E-state index < -0.39 is 18.4 Å². The Morgan fingerprint density at radius 2 is 1.76 bits per heavy atom. The molecule has 1 N–H and O–H groups in total. The van der Waals surface area contributed by atoms with Crippen LogP contribution in [0.15, 0.2) is 42.5 Å². The minimum atomic E-state index is -1.06. The highest BCUT2D eigenvalue weighted by Gasteiger charge is 2.35. The number of nitrogens with zero attached hydrogens (tertiary/aromatic N) is 1. The van der Waals surface area contributed by atoms with E-state index in [1.807, 2.05) is 42.5 Å². The summed E-state index contributed by atoms with van der Waals surface area (Å²) in [6.07, 6.45) is 1.38. The number of carbonyl (C=O) groups is 1. The Morgan fingerprint density at radius 1 is 1.06 bits per heavy atom. The molecule has 0 spiro atoms. The van der Waals surface area contributed by atoms with Crippen LogP contribution in [0.5, 0.6) is 17.2 Å². The lowest BCUT2D eigenvalue weighted by atomic mass is 10.1. The Balaban J connectivity index is 1.47. The SMILES string of the molecule is COc1cc(CCCOC(O)C2CCCN2C(=O)OCc2ccccc2)cc(OC)c1OC. The lowest BCUT2D eigenvalue weighted by molar-refractivity contribution is -0.134. The number of rotatable bonds is 11. The largest absolute Gasteiger partial charge is 0.493 e. The van der Waals surface area contributed by atoms with E-state index in [9.17, 15) is 9.90 Å². The molecule has 1 saturated heterocycles. The lowest BCUT2D eigenvalue weighted by Crippen LogP contribution is -2.44. The van der Waals surface area contributed by atoms with E-state index in [0.717, 1.165) is 17.5 Å². The number of hydrogen-bond donors (Lipinski definition) is 1. The van der Waals surface area contributed by atoms with Crippen molar-refractivity contribution in [1.82, 2.24) is 4.90 Å². The Kier molecular flexibility index (Phi) is 9.21. The molecular formula is C25H33NO7. The van der Waals surface area contributed by atoms with Crippen molar-refractivity contribution in [2.75, 3.05) is 34.5 Å². The van der Waals surface area contributed by atoms with E-state index in [1.165, 1.54) is 0 Å². The molecule has 0 bridgehead atoms. The van der Waals surface area contributed by atoms with Crippen LogP contribution in [0, 0.1) is 0 Å². The summed E-state index contributed by atoms with van der Waals surface area (Å²) in [5.41, 5.74) is 1.93. The van der Waals surface area contributed by atoms with E-state index in [-0.39, 0.29) is 6.61 Å². The Morgan fingerprint density at radius 3 is 2.39 bits per heavy atom. The number of methoxy groups -OCH3 is 3. The number of aliphatic hydroxyl groups is 1. The first-order valence-electron chi connectivity index (χ1n) is 11.1. The molecule has 0 saturated carbocycles. The number of benzene rings is 2. The number of aliphatic hydroxyl groups excluding tert-OH is 1. The molecule has 0 aromatic heterocycles. The van der Waals surface area contributed by atoms with Crippen molar-refractivity contribution in [2.24, 2.45) is 0 Å². The first kappa shape index (κ1) is 24.7. The maximum absolute atomic E-state index is 12.5.